The van der Waals surface area contributed by atoms with Crippen LogP contribution >= 0.6 is 63.7 Å². The number of ketones is 2. The van der Waals surface area contributed by atoms with Gasteiger partial charge in [0.15, 0.2) is 5.78 Å². The molecule has 0 spiro atoms. The molecule has 4 aliphatic rings. The summed E-state index contributed by atoms with van der Waals surface area (Å²) in [6, 6.07) is 0. The normalized spacial score (nSPS) is 52.5. The molecule has 27 heavy (non-hydrogen) atoms. The Kier molecular flexibility index (Phi) is 5.31. The van der Waals surface area contributed by atoms with Crippen LogP contribution in [0.4, 0.5) is 0 Å². The van der Waals surface area contributed by atoms with Gasteiger partial charge in [-0.15, -0.1) is 0 Å². The smallest absolute Gasteiger partial charge is 0.183 e. The maximum Gasteiger partial charge on any atom is 0.183 e. The van der Waals surface area contributed by atoms with Crippen molar-refractivity contribution in [3.05, 3.63) is 10.1 Å². The molecule has 2 nitrogen and oxygen atoms in total. The summed E-state index contributed by atoms with van der Waals surface area (Å²) in [4.78, 5) is 25.5. The van der Waals surface area contributed by atoms with Gasteiger partial charge in [-0.2, -0.15) is 0 Å². The van der Waals surface area contributed by atoms with Crippen LogP contribution in [0.3, 0.4) is 0 Å². The summed E-state index contributed by atoms with van der Waals surface area (Å²) in [6.45, 7) is 6.83. The molecule has 0 aromatic heterocycles. The molecule has 0 bridgehead atoms. The molecule has 3 unspecified atom stereocenters. The SMILES string of the molecule is CC1C(Br)C(=O)C(Br)=C2C(Br)(CBr)C[C@@H]3[C@@H](CC[C@]4(C)C(=O)CC[C@@H]34)[C@]21C. The second kappa shape index (κ2) is 6.75. The predicted octanol–water partition coefficient (Wildman–Crippen LogP) is 6.57. The van der Waals surface area contributed by atoms with E-state index in [2.05, 4.69) is 84.5 Å². The number of fused-ring (bicyclic) bond motifs is 5. The number of alkyl halides is 3. The van der Waals surface area contributed by atoms with Crippen LogP contribution in [0.15, 0.2) is 10.1 Å². The van der Waals surface area contributed by atoms with Crippen molar-refractivity contribution < 1.29 is 9.59 Å². The number of allylic oxidation sites excluding steroid dienone is 1. The molecule has 0 heterocycles. The van der Waals surface area contributed by atoms with Gasteiger partial charge >= 0.3 is 0 Å². The summed E-state index contributed by atoms with van der Waals surface area (Å²) in [6.07, 6.45) is 4.83. The number of halogens is 4. The zero-order valence-corrected chi connectivity index (χ0v) is 22.3. The van der Waals surface area contributed by atoms with Crippen molar-refractivity contribution in [1.82, 2.24) is 0 Å². The Bertz CT molecular complexity index is 748. The van der Waals surface area contributed by atoms with E-state index in [1.165, 1.54) is 5.57 Å². The van der Waals surface area contributed by atoms with E-state index in [1.54, 1.807) is 0 Å². The van der Waals surface area contributed by atoms with E-state index in [-0.39, 0.29) is 31.7 Å². The summed E-state index contributed by atoms with van der Waals surface area (Å²) in [5.41, 5.74) is 1.03. The summed E-state index contributed by atoms with van der Waals surface area (Å²) < 4.78 is 0.512. The van der Waals surface area contributed by atoms with Crippen LogP contribution in [-0.4, -0.2) is 26.0 Å². The third-order valence-electron chi connectivity index (χ3n) is 8.75. The number of hydrogen-bond donors (Lipinski definition) is 0. The predicted molar refractivity (Wildman–Crippen MR) is 123 cm³/mol. The van der Waals surface area contributed by atoms with Gasteiger partial charge in [0, 0.05) is 17.2 Å². The molecule has 0 saturated heterocycles. The highest BCUT2D eigenvalue weighted by molar-refractivity contribution is 9.13. The lowest BCUT2D eigenvalue weighted by Gasteiger charge is -2.63. The summed E-state index contributed by atoms with van der Waals surface area (Å²) >= 11 is 15.3. The van der Waals surface area contributed by atoms with Gasteiger partial charge < -0.3 is 0 Å². The average Bonchev–Trinajstić information content (AvgIpc) is 2.93. The van der Waals surface area contributed by atoms with E-state index in [9.17, 15) is 9.59 Å². The van der Waals surface area contributed by atoms with Crippen molar-refractivity contribution in [2.24, 2.45) is 34.5 Å². The van der Waals surface area contributed by atoms with E-state index in [1.807, 2.05) is 0 Å². The number of Topliss-reactive ketones (excluding diaryl/α,β-unsaturated/α-hetero) is 2. The highest BCUT2D eigenvalue weighted by atomic mass is 79.9. The zero-order valence-electron chi connectivity index (χ0n) is 16.0. The quantitative estimate of drug-likeness (QED) is 0.308. The first-order valence-electron chi connectivity index (χ1n) is 9.89. The Hall–Kier alpha value is 1.000. The van der Waals surface area contributed by atoms with Crippen LogP contribution in [-0.2, 0) is 9.59 Å². The molecule has 150 valence electrons. The largest absolute Gasteiger partial charge is 0.299 e. The van der Waals surface area contributed by atoms with Crippen molar-refractivity contribution >= 4 is 75.3 Å². The summed E-state index contributed by atoms with van der Waals surface area (Å²) in [5.74, 6) is 2.34. The molecule has 0 N–H and O–H groups in total. The van der Waals surface area contributed by atoms with Gasteiger partial charge in [-0.1, -0.05) is 68.6 Å². The minimum absolute atomic E-state index is 0.0753. The fourth-order valence-electron chi connectivity index (χ4n) is 7.13. The van der Waals surface area contributed by atoms with Crippen molar-refractivity contribution in [1.29, 1.82) is 0 Å². The third-order valence-corrected chi connectivity index (χ3v) is 13.5. The second-order valence-electron chi connectivity index (χ2n) is 9.62. The molecule has 3 saturated carbocycles. The van der Waals surface area contributed by atoms with Gasteiger partial charge in [-0.05, 0) is 76.3 Å². The number of carbonyl (C=O) groups is 2. The highest BCUT2D eigenvalue weighted by Crippen LogP contribution is 2.70. The Balaban J connectivity index is 1.90. The van der Waals surface area contributed by atoms with Gasteiger partial charge in [0.05, 0.1) is 13.6 Å². The van der Waals surface area contributed by atoms with E-state index >= 15 is 0 Å². The minimum atomic E-state index is -0.247. The molecule has 6 heteroatoms. The fourth-order valence-corrected chi connectivity index (χ4v) is 11.0. The summed E-state index contributed by atoms with van der Waals surface area (Å²) in [5, 5.41) is 0.771. The van der Waals surface area contributed by atoms with E-state index in [0.717, 1.165) is 41.9 Å². The fraction of sp³-hybridized carbons (Fsp3) is 0.810. The molecule has 0 aromatic rings. The lowest BCUT2D eigenvalue weighted by atomic mass is 9.43. The molecule has 4 rings (SSSR count). The van der Waals surface area contributed by atoms with E-state index < -0.39 is 0 Å². The van der Waals surface area contributed by atoms with Crippen LogP contribution in [0.1, 0.15) is 52.9 Å². The van der Waals surface area contributed by atoms with Crippen LogP contribution in [0.5, 0.6) is 0 Å². The first kappa shape index (κ1) is 21.2. The van der Waals surface area contributed by atoms with Gasteiger partial charge in [0.2, 0.25) is 0 Å². The second-order valence-corrected chi connectivity index (χ2v) is 13.5. The Morgan fingerprint density at radius 1 is 1.15 bits per heavy atom. The average molecular weight is 630 g/mol. The number of hydrogen-bond acceptors (Lipinski definition) is 2. The molecular weight excluding hydrogens is 604 g/mol. The maximum absolute atomic E-state index is 12.9. The topological polar surface area (TPSA) is 34.1 Å². The van der Waals surface area contributed by atoms with E-state index in [4.69, 9.17) is 0 Å². The molecule has 0 aliphatic heterocycles. The highest BCUT2D eigenvalue weighted by Gasteiger charge is 2.66. The Morgan fingerprint density at radius 3 is 2.44 bits per heavy atom. The molecular formula is C21H26Br4O2. The zero-order chi connectivity index (χ0) is 19.9. The molecule has 0 amide bonds. The lowest BCUT2D eigenvalue weighted by Crippen LogP contribution is -2.61. The molecule has 0 radical (unpaired) electrons. The summed E-state index contributed by atoms with van der Waals surface area (Å²) in [7, 11) is 0. The van der Waals surface area contributed by atoms with Gasteiger partial charge in [0.25, 0.3) is 0 Å². The van der Waals surface area contributed by atoms with Crippen LogP contribution in [0.2, 0.25) is 0 Å². The van der Waals surface area contributed by atoms with E-state index in [0.29, 0.717) is 23.5 Å². The lowest BCUT2D eigenvalue weighted by molar-refractivity contribution is -0.134. The number of carbonyl (C=O) groups excluding carboxylic acids is 2. The van der Waals surface area contributed by atoms with Crippen molar-refractivity contribution in [3.8, 4) is 0 Å². The van der Waals surface area contributed by atoms with Crippen molar-refractivity contribution in [2.75, 3.05) is 5.33 Å². The van der Waals surface area contributed by atoms with Crippen LogP contribution < -0.4 is 0 Å². The Morgan fingerprint density at radius 2 is 1.81 bits per heavy atom. The van der Waals surface area contributed by atoms with Crippen molar-refractivity contribution in [3.63, 3.8) is 0 Å². The molecule has 3 fully saturated rings. The molecule has 8 atom stereocenters. The maximum atomic E-state index is 12.9. The third kappa shape index (κ3) is 2.64. The van der Waals surface area contributed by atoms with Gasteiger partial charge in [-0.3, -0.25) is 9.59 Å². The monoisotopic (exact) mass is 626 g/mol. The van der Waals surface area contributed by atoms with Gasteiger partial charge in [0.1, 0.15) is 5.78 Å². The van der Waals surface area contributed by atoms with Crippen molar-refractivity contribution in [2.45, 2.75) is 62.0 Å². The first-order valence-corrected chi connectivity index (χ1v) is 13.5. The molecule has 0 aromatic carbocycles. The van der Waals surface area contributed by atoms with Crippen LogP contribution in [0.25, 0.3) is 0 Å². The Labute approximate surface area is 195 Å². The van der Waals surface area contributed by atoms with Crippen LogP contribution in [0, 0.1) is 34.5 Å². The van der Waals surface area contributed by atoms with Gasteiger partial charge in [-0.25, -0.2) is 0 Å². The number of rotatable bonds is 1. The standard InChI is InChI=1S/C21H26Br4O2/c1-10-15(23)17(27)16(24)18-20(10,3)13-6-7-19(2)12(4-5-14(19)26)11(13)8-21(18,25)9-22/h10-13,15H,4-9H2,1-3H3/t10?,11-,12-,13+,15?,19-,20+,21?/m0/s1. The minimum Gasteiger partial charge on any atom is -0.299 e. The molecule has 4 aliphatic carbocycles. The first-order chi connectivity index (χ1) is 12.5.